The quantitative estimate of drug-likeness (QED) is 0.803. The van der Waals surface area contributed by atoms with Gasteiger partial charge in [-0.05, 0) is 25.3 Å². The van der Waals surface area contributed by atoms with Gasteiger partial charge in [0.2, 0.25) is 0 Å². The minimum atomic E-state index is 0.263. The summed E-state index contributed by atoms with van der Waals surface area (Å²) in [6, 6.07) is 0. The molecule has 2 N–H and O–H groups in total. The van der Waals surface area contributed by atoms with Crippen LogP contribution in [0, 0.1) is 5.92 Å². The Hall–Kier alpha value is -0.160. The Morgan fingerprint density at radius 3 is 2.70 bits per heavy atom. The highest BCUT2D eigenvalue weighted by molar-refractivity contribution is 4.95. The lowest BCUT2D eigenvalue weighted by atomic mass is 9.75. The van der Waals surface area contributed by atoms with Crippen molar-refractivity contribution >= 4 is 0 Å². The Balaban J connectivity index is 1.90. The SMILES string of the molecule is CCN(CCN1CCOCC1)C1(CN)CCCC(C)C1. The molecule has 2 fully saturated rings. The number of nitrogens with two attached hydrogens (primary N) is 1. The van der Waals surface area contributed by atoms with Crippen molar-refractivity contribution < 1.29 is 4.74 Å². The average Bonchev–Trinajstić information content (AvgIpc) is 2.49. The molecule has 2 unspecified atom stereocenters. The van der Waals surface area contributed by atoms with Crippen LogP contribution < -0.4 is 5.73 Å². The van der Waals surface area contributed by atoms with E-state index in [1.165, 1.54) is 25.7 Å². The molecule has 118 valence electrons. The number of hydrogen-bond donors (Lipinski definition) is 1. The van der Waals surface area contributed by atoms with Gasteiger partial charge < -0.3 is 10.5 Å². The highest BCUT2D eigenvalue weighted by atomic mass is 16.5. The molecule has 1 saturated carbocycles. The first-order chi connectivity index (χ1) is 9.70. The summed E-state index contributed by atoms with van der Waals surface area (Å²) in [6.45, 7) is 12.9. The molecule has 0 bridgehead atoms. The molecule has 1 heterocycles. The molecule has 2 atom stereocenters. The normalized spacial score (nSPS) is 32.7. The van der Waals surface area contributed by atoms with Gasteiger partial charge in [0, 0.05) is 38.3 Å². The number of likely N-dealkylation sites (N-methyl/N-ethyl adjacent to an activating group) is 1. The molecule has 0 spiro atoms. The highest BCUT2D eigenvalue weighted by Gasteiger charge is 2.38. The van der Waals surface area contributed by atoms with Crippen LogP contribution in [0.25, 0.3) is 0 Å². The van der Waals surface area contributed by atoms with Gasteiger partial charge in [0.15, 0.2) is 0 Å². The first-order valence-corrected chi connectivity index (χ1v) is 8.45. The Bertz CT molecular complexity index is 281. The maximum Gasteiger partial charge on any atom is 0.0594 e. The average molecular weight is 283 g/mol. The highest BCUT2D eigenvalue weighted by Crippen LogP contribution is 2.36. The molecule has 0 amide bonds. The van der Waals surface area contributed by atoms with Crippen LogP contribution in [-0.4, -0.2) is 67.8 Å². The van der Waals surface area contributed by atoms with Crippen molar-refractivity contribution in [1.29, 1.82) is 0 Å². The molecule has 0 aromatic heterocycles. The van der Waals surface area contributed by atoms with Gasteiger partial charge in [-0.1, -0.05) is 26.7 Å². The summed E-state index contributed by atoms with van der Waals surface area (Å²) in [5.74, 6) is 0.824. The van der Waals surface area contributed by atoms with E-state index >= 15 is 0 Å². The van der Waals surface area contributed by atoms with Crippen LogP contribution in [0.5, 0.6) is 0 Å². The van der Waals surface area contributed by atoms with Gasteiger partial charge in [-0.2, -0.15) is 0 Å². The molecule has 1 aliphatic carbocycles. The molecule has 4 nitrogen and oxygen atoms in total. The zero-order valence-corrected chi connectivity index (χ0v) is 13.4. The van der Waals surface area contributed by atoms with Gasteiger partial charge in [-0.3, -0.25) is 9.80 Å². The molecule has 0 radical (unpaired) electrons. The van der Waals surface area contributed by atoms with Gasteiger partial charge in [0.05, 0.1) is 13.2 Å². The fourth-order valence-electron chi connectivity index (χ4n) is 4.05. The van der Waals surface area contributed by atoms with Gasteiger partial charge in [-0.25, -0.2) is 0 Å². The predicted molar refractivity (Wildman–Crippen MR) is 83.9 cm³/mol. The van der Waals surface area contributed by atoms with E-state index in [-0.39, 0.29) is 5.54 Å². The standard InChI is InChI=1S/C16H33N3O/c1-3-19(8-7-18-9-11-20-12-10-18)16(14-17)6-4-5-15(2)13-16/h15H,3-14,17H2,1-2H3. The van der Waals surface area contributed by atoms with Crippen molar-refractivity contribution in [3.05, 3.63) is 0 Å². The van der Waals surface area contributed by atoms with E-state index in [4.69, 9.17) is 10.5 Å². The topological polar surface area (TPSA) is 41.7 Å². The number of ether oxygens (including phenoxy) is 1. The van der Waals surface area contributed by atoms with E-state index in [1.807, 2.05) is 0 Å². The van der Waals surface area contributed by atoms with Crippen LogP contribution in [0.3, 0.4) is 0 Å². The summed E-state index contributed by atoms with van der Waals surface area (Å²) in [5, 5.41) is 0. The maximum atomic E-state index is 6.21. The van der Waals surface area contributed by atoms with Crippen molar-refractivity contribution in [2.45, 2.75) is 45.1 Å². The van der Waals surface area contributed by atoms with Crippen LogP contribution in [0.1, 0.15) is 39.5 Å². The van der Waals surface area contributed by atoms with Crippen molar-refractivity contribution in [2.24, 2.45) is 11.7 Å². The third kappa shape index (κ3) is 3.94. The molecular formula is C16H33N3O. The van der Waals surface area contributed by atoms with Gasteiger partial charge in [0.1, 0.15) is 0 Å². The fourth-order valence-corrected chi connectivity index (χ4v) is 4.05. The minimum Gasteiger partial charge on any atom is -0.379 e. The summed E-state index contributed by atoms with van der Waals surface area (Å²) >= 11 is 0. The maximum absolute atomic E-state index is 6.21. The van der Waals surface area contributed by atoms with Gasteiger partial charge >= 0.3 is 0 Å². The van der Waals surface area contributed by atoms with Crippen LogP contribution in [0.4, 0.5) is 0 Å². The number of morpholine rings is 1. The van der Waals surface area contributed by atoms with Crippen LogP contribution in [0.2, 0.25) is 0 Å². The molecule has 0 aromatic carbocycles. The largest absolute Gasteiger partial charge is 0.379 e. The van der Waals surface area contributed by atoms with Crippen molar-refractivity contribution in [3.8, 4) is 0 Å². The Labute approximate surface area is 124 Å². The summed E-state index contributed by atoms with van der Waals surface area (Å²) in [4.78, 5) is 5.20. The van der Waals surface area contributed by atoms with Crippen LogP contribution in [0.15, 0.2) is 0 Å². The molecule has 2 rings (SSSR count). The summed E-state index contributed by atoms with van der Waals surface area (Å²) in [5.41, 5.74) is 6.47. The Kier molecular flexibility index (Phi) is 6.27. The second-order valence-corrected chi connectivity index (χ2v) is 6.66. The Morgan fingerprint density at radius 2 is 2.10 bits per heavy atom. The van der Waals surface area contributed by atoms with E-state index in [0.717, 1.165) is 58.4 Å². The Morgan fingerprint density at radius 1 is 1.35 bits per heavy atom. The zero-order valence-electron chi connectivity index (χ0n) is 13.4. The first kappa shape index (κ1) is 16.2. The smallest absolute Gasteiger partial charge is 0.0594 e. The summed E-state index contributed by atoms with van der Waals surface area (Å²) in [6.07, 6.45) is 5.28. The van der Waals surface area contributed by atoms with E-state index < -0.39 is 0 Å². The molecule has 1 aliphatic heterocycles. The minimum absolute atomic E-state index is 0.263. The number of hydrogen-bond acceptors (Lipinski definition) is 4. The lowest BCUT2D eigenvalue weighted by Gasteiger charge is -2.48. The fraction of sp³-hybridized carbons (Fsp3) is 1.00. The van der Waals surface area contributed by atoms with Crippen molar-refractivity contribution in [1.82, 2.24) is 9.80 Å². The molecule has 4 heteroatoms. The molecule has 1 saturated heterocycles. The van der Waals surface area contributed by atoms with Gasteiger partial charge in [-0.15, -0.1) is 0 Å². The van der Waals surface area contributed by atoms with E-state index in [0.29, 0.717) is 0 Å². The second kappa shape index (κ2) is 7.74. The molecule has 0 aromatic rings. The number of rotatable bonds is 6. The van der Waals surface area contributed by atoms with Gasteiger partial charge in [0.25, 0.3) is 0 Å². The third-order valence-electron chi connectivity index (χ3n) is 5.29. The van der Waals surface area contributed by atoms with E-state index in [2.05, 4.69) is 23.6 Å². The van der Waals surface area contributed by atoms with Crippen LogP contribution >= 0.6 is 0 Å². The predicted octanol–water partition coefficient (Wildman–Crippen LogP) is 1.55. The second-order valence-electron chi connectivity index (χ2n) is 6.66. The zero-order chi connectivity index (χ0) is 14.4. The number of nitrogens with zero attached hydrogens (tertiary/aromatic N) is 2. The summed E-state index contributed by atoms with van der Waals surface area (Å²) in [7, 11) is 0. The lowest BCUT2D eigenvalue weighted by Crippen LogP contribution is -2.58. The molecular weight excluding hydrogens is 250 g/mol. The monoisotopic (exact) mass is 283 g/mol. The van der Waals surface area contributed by atoms with Crippen LogP contribution in [-0.2, 0) is 4.74 Å². The van der Waals surface area contributed by atoms with E-state index in [1.54, 1.807) is 0 Å². The molecule has 2 aliphatic rings. The summed E-state index contributed by atoms with van der Waals surface area (Å²) < 4.78 is 5.43. The molecule has 20 heavy (non-hydrogen) atoms. The lowest BCUT2D eigenvalue weighted by molar-refractivity contribution is 0.00917. The van der Waals surface area contributed by atoms with Crippen molar-refractivity contribution in [3.63, 3.8) is 0 Å². The third-order valence-corrected chi connectivity index (χ3v) is 5.29. The van der Waals surface area contributed by atoms with Crippen molar-refractivity contribution in [2.75, 3.05) is 52.5 Å². The first-order valence-electron chi connectivity index (χ1n) is 8.45. The van der Waals surface area contributed by atoms with E-state index in [9.17, 15) is 0 Å².